The highest BCUT2D eigenvalue weighted by Gasteiger charge is 2.18. The first-order valence-corrected chi connectivity index (χ1v) is 5.49. The molecule has 0 bridgehead atoms. The lowest BCUT2D eigenvalue weighted by atomic mass is 9.87. The Morgan fingerprint density at radius 3 is 2.44 bits per heavy atom. The lowest BCUT2D eigenvalue weighted by Crippen LogP contribution is -2.23. The van der Waals surface area contributed by atoms with Crippen LogP contribution in [0.25, 0.3) is 0 Å². The van der Waals surface area contributed by atoms with E-state index >= 15 is 0 Å². The summed E-state index contributed by atoms with van der Waals surface area (Å²) in [7, 11) is 0. The lowest BCUT2D eigenvalue weighted by molar-refractivity contribution is 0.294. The van der Waals surface area contributed by atoms with E-state index in [1.54, 1.807) is 12.1 Å². The summed E-state index contributed by atoms with van der Waals surface area (Å²) in [6.07, 6.45) is 0. The minimum Gasteiger partial charge on any atom is -0.492 e. The molecule has 0 spiro atoms. The van der Waals surface area contributed by atoms with Crippen molar-refractivity contribution in [2.75, 3.05) is 6.61 Å². The third-order valence-electron chi connectivity index (χ3n) is 2.26. The summed E-state index contributed by atoms with van der Waals surface area (Å²) in [5.74, 6) is 0.303. The fourth-order valence-electron chi connectivity index (χ4n) is 1.42. The van der Waals surface area contributed by atoms with E-state index in [0.717, 1.165) is 0 Å². The van der Waals surface area contributed by atoms with Crippen LogP contribution in [0.5, 0.6) is 5.75 Å². The number of hydrogen-bond acceptors (Lipinski definition) is 2. The van der Waals surface area contributed by atoms with Gasteiger partial charge in [-0.2, -0.15) is 0 Å². The molecule has 2 nitrogen and oxygen atoms in total. The van der Waals surface area contributed by atoms with E-state index in [1.807, 2.05) is 27.7 Å². The van der Waals surface area contributed by atoms with Crippen molar-refractivity contribution in [2.24, 2.45) is 5.73 Å². The van der Waals surface area contributed by atoms with E-state index in [1.165, 1.54) is 6.07 Å². The monoisotopic (exact) mass is 225 g/mol. The fourth-order valence-corrected chi connectivity index (χ4v) is 1.42. The molecular weight excluding hydrogens is 205 g/mol. The highest BCUT2D eigenvalue weighted by molar-refractivity contribution is 5.32. The zero-order valence-corrected chi connectivity index (χ0v) is 10.4. The third-order valence-corrected chi connectivity index (χ3v) is 2.26. The average molecular weight is 225 g/mol. The molecule has 0 aromatic heterocycles. The first-order chi connectivity index (χ1) is 7.30. The summed E-state index contributed by atoms with van der Waals surface area (Å²) in [6.45, 7) is 8.18. The van der Waals surface area contributed by atoms with Gasteiger partial charge in [-0.05, 0) is 24.0 Å². The van der Waals surface area contributed by atoms with Gasteiger partial charge < -0.3 is 10.5 Å². The SMILES string of the molecule is C[C@H](N)COc1ccc(C(C)(C)C)c(F)c1. The van der Waals surface area contributed by atoms with E-state index in [0.29, 0.717) is 17.9 Å². The first-order valence-electron chi connectivity index (χ1n) is 5.49. The van der Waals surface area contributed by atoms with Crippen molar-refractivity contribution in [3.8, 4) is 5.75 Å². The predicted octanol–water partition coefficient (Wildman–Crippen LogP) is 2.85. The van der Waals surface area contributed by atoms with Crippen LogP contribution in [0.3, 0.4) is 0 Å². The van der Waals surface area contributed by atoms with Gasteiger partial charge in [-0.25, -0.2) is 4.39 Å². The van der Waals surface area contributed by atoms with Gasteiger partial charge >= 0.3 is 0 Å². The van der Waals surface area contributed by atoms with Gasteiger partial charge in [0.15, 0.2) is 0 Å². The third kappa shape index (κ3) is 3.49. The molecule has 0 aliphatic carbocycles. The van der Waals surface area contributed by atoms with Crippen molar-refractivity contribution in [2.45, 2.75) is 39.2 Å². The lowest BCUT2D eigenvalue weighted by Gasteiger charge is -2.20. The van der Waals surface area contributed by atoms with Crippen LogP contribution in [0.4, 0.5) is 4.39 Å². The highest BCUT2D eigenvalue weighted by atomic mass is 19.1. The van der Waals surface area contributed by atoms with Crippen LogP contribution in [0, 0.1) is 5.82 Å². The second-order valence-electron chi connectivity index (χ2n) is 5.18. The molecular formula is C13H20FNO. The molecule has 1 atom stereocenters. The van der Waals surface area contributed by atoms with Gasteiger partial charge in [0, 0.05) is 12.1 Å². The maximum atomic E-state index is 13.8. The Morgan fingerprint density at radius 1 is 1.38 bits per heavy atom. The van der Waals surface area contributed by atoms with Gasteiger partial charge in [0.25, 0.3) is 0 Å². The number of halogens is 1. The van der Waals surface area contributed by atoms with Crippen LogP contribution < -0.4 is 10.5 Å². The van der Waals surface area contributed by atoms with Gasteiger partial charge in [-0.3, -0.25) is 0 Å². The molecule has 3 heteroatoms. The van der Waals surface area contributed by atoms with E-state index in [9.17, 15) is 4.39 Å². The molecule has 1 rings (SSSR count). The van der Waals surface area contributed by atoms with Crippen LogP contribution in [0.15, 0.2) is 18.2 Å². The number of ether oxygens (including phenoxy) is 1. The fraction of sp³-hybridized carbons (Fsp3) is 0.538. The first kappa shape index (κ1) is 13.0. The molecule has 0 aliphatic heterocycles. The molecule has 0 saturated carbocycles. The normalized spacial score (nSPS) is 13.6. The Hall–Kier alpha value is -1.09. The van der Waals surface area contributed by atoms with E-state index in [2.05, 4.69) is 0 Å². The molecule has 2 N–H and O–H groups in total. The highest BCUT2D eigenvalue weighted by Crippen LogP contribution is 2.27. The van der Waals surface area contributed by atoms with Gasteiger partial charge in [0.2, 0.25) is 0 Å². The van der Waals surface area contributed by atoms with Gasteiger partial charge in [-0.15, -0.1) is 0 Å². The molecule has 16 heavy (non-hydrogen) atoms. The molecule has 1 aromatic rings. The zero-order chi connectivity index (χ0) is 12.3. The van der Waals surface area contributed by atoms with E-state index in [4.69, 9.17) is 10.5 Å². The van der Waals surface area contributed by atoms with Gasteiger partial charge in [-0.1, -0.05) is 26.8 Å². The summed E-state index contributed by atoms with van der Waals surface area (Å²) in [6, 6.07) is 4.92. The molecule has 0 heterocycles. The van der Waals surface area contributed by atoms with Crippen molar-refractivity contribution >= 4 is 0 Å². The number of hydrogen-bond donors (Lipinski definition) is 1. The number of rotatable bonds is 3. The molecule has 0 saturated heterocycles. The Morgan fingerprint density at radius 2 is 2.00 bits per heavy atom. The largest absolute Gasteiger partial charge is 0.492 e. The minimum absolute atomic E-state index is 0.0506. The summed E-state index contributed by atoms with van der Waals surface area (Å²) in [5.41, 5.74) is 6.06. The van der Waals surface area contributed by atoms with Crippen molar-refractivity contribution in [1.82, 2.24) is 0 Å². The molecule has 0 unspecified atom stereocenters. The minimum atomic E-state index is -0.227. The zero-order valence-electron chi connectivity index (χ0n) is 10.4. The maximum Gasteiger partial charge on any atom is 0.130 e. The second-order valence-corrected chi connectivity index (χ2v) is 5.18. The number of benzene rings is 1. The average Bonchev–Trinajstić information content (AvgIpc) is 2.12. The standard InChI is InChI=1S/C13H20FNO/c1-9(15)8-16-10-5-6-11(12(14)7-10)13(2,3)4/h5-7,9H,8,15H2,1-4H3/t9-/m0/s1. The molecule has 0 fully saturated rings. The Balaban J connectivity index is 2.83. The van der Waals surface area contributed by atoms with Crippen LogP contribution in [-0.2, 0) is 5.41 Å². The van der Waals surface area contributed by atoms with E-state index < -0.39 is 0 Å². The van der Waals surface area contributed by atoms with Crippen molar-refractivity contribution in [3.63, 3.8) is 0 Å². The van der Waals surface area contributed by atoms with Crippen molar-refractivity contribution in [1.29, 1.82) is 0 Å². The van der Waals surface area contributed by atoms with Crippen LogP contribution >= 0.6 is 0 Å². The predicted molar refractivity (Wildman–Crippen MR) is 64.2 cm³/mol. The topological polar surface area (TPSA) is 35.2 Å². The molecule has 0 amide bonds. The van der Waals surface area contributed by atoms with Gasteiger partial charge in [0.05, 0.1) is 0 Å². The summed E-state index contributed by atoms with van der Waals surface area (Å²) < 4.78 is 19.1. The summed E-state index contributed by atoms with van der Waals surface area (Å²) in [5, 5.41) is 0. The van der Waals surface area contributed by atoms with E-state index in [-0.39, 0.29) is 17.3 Å². The Labute approximate surface area is 96.6 Å². The molecule has 0 aliphatic rings. The quantitative estimate of drug-likeness (QED) is 0.858. The van der Waals surface area contributed by atoms with Crippen LogP contribution in [0.2, 0.25) is 0 Å². The smallest absolute Gasteiger partial charge is 0.130 e. The van der Waals surface area contributed by atoms with Gasteiger partial charge in [0.1, 0.15) is 18.2 Å². The molecule has 0 radical (unpaired) electrons. The van der Waals surface area contributed by atoms with Crippen molar-refractivity contribution in [3.05, 3.63) is 29.6 Å². The van der Waals surface area contributed by atoms with Crippen LogP contribution in [0.1, 0.15) is 33.3 Å². The maximum absolute atomic E-state index is 13.8. The molecule has 1 aromatic carbocycles. The molecule has 90 valence electrons. The Bertz CT molecular complexity index is 355. The summed E-state index contributed by atoms with van der Waals surface area (Å²) >= 11 is 0. The summed E-state index contributed by atoms with van der Waals surface area (Å²) in [4.78, 5) is 0. The Kier molecular flexibility index (Phi) is 3.92. The van der Waals surface area contributed by atoms with Crippen molar-refractivity contribution < 1.29 is 9.13 Å². The van der Waals surface area contributed by atoms with Crippen LogP contribution in [-0.4, -0.2) is 12.6 Å². The second kappa shape index (κ2) is 4.83. The number of nitrogens with two attached hydrogens (primary N) is 1.